The van der Waals surface area contributed by atoms with Crippen molar-refractivity contribution in [2.24, 2.45) is 11.8 Å². The van der Waals surface area contributed by atoms with Crippen LogP contribution in [-0.4, -0.2) is 29.3 Å². The Morgan fingerprint density at radius 1 is 1.00 bits per heavy atom. The lowest BCUT2D eigenvalue weighted by atomic mass is 9.98. The summed E-state index contributed by atoms with van der Waals surface area (Å²) in [6.07, 6.45) is 4.84. The molecular weight excluding hydrogens is 264 g/mol. The maximum absolute atomic E-state index is 12.9. The van der Waals surface area contributed by atoms with E-state index in [1.807, 2.05) is 35.2 Å². The fourth-order valence-corrected chi connectivity index (χ4v) is 3.56. The van der Waals surface area contributed by atoms with Crippen LogP contribution in [0.3, 0.4) is 0 Å². The highest BCUT2D eigenvalue weighted by Crippen LogP contribution is 2.47. The third kappa shape index (κ3) is 2.43. The zero-order chi connectivity index (χ0) is 14.4. The van der Waals surface area contributed by atoms with E-state index in [9.17, 15) is 9.59 Å². The lowest BCUT2D eigenvalue weighted by Gasteiger charge is -2.38. The van der Waals surface area contributed by atoms with Gasteiger partial charge in [-0.15, -0.1) is 0 Å². The van der Waals surface area contributed by atoms with Crippen LogP contribution in [0.1, 0.15) is 37.3 Å². The third-order valence-electron chi connectivity index (χ3n) is 4.85. The Kier molecular flexibility index (Phi) is 2.98. The summed E-state index contributed by atoms with van der Waals surface area (Å²) in [4.78, 5) is 26.9. The Morgan fingerprint density at radius 2 is 1.62 bits per heavy atom. The molecule has 1 N–H and O–H groups in total. The van der Waals surface area contributed by atoms with Crippen molar-refractivity contribution < 1.29 is 9.59 Å². The normalized spacial score (nSPS) is 26.1. The number of hydrogen-bond acceptors (Lipinski definition) is 2. The first kappa shape index (κ1) is 12.9. The number of hydrogen-bond donors (Lipinski definition) is 1. The molecule has 0 spiro atoms. The van der Waals surface area contributed by atoms with Gasteiger partial charge in [0.05, 0.1) is 6.54 Å². The fourth-order valence-electron chi connectivity index (χ4n) is 3.56. The molecule has 0 radical (unpaired) electrons. The summed E-state index contributed by atoms with van der Waals surface area (Å²) in [5, 5.41) is 2.86. The molecule has 1 heterocycles. The average molecular weight is 284 g/mol. The summed E-state index contributed by atoms with van der Waals surface area (Å²) in [5.41, 5.74) is 0.880. The number of carbonyl (C=O) groups excluding carboxylic acids is 2. The number of rotatable bonds is 4. The Morgan fingerprint density at radius 3 is 2.19 bits per heavy atom. The minimum atomic E-state index is -0.507. The van der Waals surface area contributed by atoms with E-state index in [1.165, 1.54) is 25.7 Å². The molecular formula is C17H20N2O2. The molecule has 1 aromatic rings. The van der Waals surface area contributed by atoms with Crippen LogP contribution in [0.25, 0.3) is 0 Å². The van der Waals surface area contributed by atoms with Gasteiger partial charge >= 0.3 is 0 Å². The van der Waals surface area contributed by atoms with Crippen LogP contribution in [0.2, 0.25) is 0 Å². The van der Waals surface area contributed by atoms with Gasteiger partial charge in [0.25, 0.3) is 5.91 Å². The number of piperazine rings is 1. The second-order valence-corrected chi connectivity index (χ2v) is 6.54. The van der Waals surface area contributed by atoms with Crippen LogP contribution in [-0.2, 0) is 9.59 Å². The first-order chi connectivity index (χ1) is 10.2. The molecule has 2 saturated carbocycles. The molecule has 1 aromatic carbocycles. The van der Waals surface area contributed by atoms with Crippen molar-refractivity contribution in [3.63, 3.8) is 0 Å². The van der Waals surface area contributed by atoms with Gasteiger partial charge in [0.2, 0.25) is 5.91 Å². The Bertz CT molecular complexity index is 551. The van der Waals surface area contributed by atoms with E-state index in [2.05, 4.69) is 5.32 Å². The number of nitrogens with zero attached hydrogens (tertiary/aromatic N) is 1. The molecule has 21 heavy (non-hydrogen) atoms. The van der Waals surface area contributed by atoms with E-state index >= 15 is 0 Å². The van der Waals surface area contributed by atoms with E-state index in [4.69, 9.17) is 0 Å². The minimum Gasteiger partial charge on any atom is -0.339 e. The van der Waals surface area contributed by atoms with Gasteiger partial charge < -0.3 is 10.2 Å². The Labute approximate surface area is 124 Å². The zero-order valence-corrected chi connectivity index (χ0v) is 12.0. The van der Waals surface area contributed by atoms with Gasteiger partial charge in [-0.1, -0.05) is 30.3 Å². The van der Waals surface area contributed by atoms with E-state index in [1.54, 1.807) is 0 Å². The summed E-state index contributed by atoms with van der Waals surface area (Å²) in [7, 11) is 0. The Balaban J connectivity index is 1.62. The van der Waals surface area contributed by atoms with Crippen LogP contribution in [0.15, 0.2) is 30.3 Å². The highest BCUT2D eigenvalue weighted by Gasteiger charge is 2.49. The summed E-state index contributed by atoms with van der Waals surface area (Å²) < 4.78 is 0. The van der Waals surface area contributed by atoms with Crippen LogP contribution in [0.5, 0.6) is 0 Å². The van der Waals surface area contributed by atoms with Gasteiger partial charge in [-0.2, -0.15) is 0 Å². The number of carbonyl (C=O) groups is 2. The van der Waals surface area contributed by atoms with Crippen LogP contribution >= 0.6 is 0 Å². The predicted octanol–water partition coefficient (Wildman–Crippen LogP) is 1.87. The summed E-state index contributed by atoms with van der Waals surface area (Å²) in [6.45, 7) is 0.236. The standard InChI is InChI=1S/C17H20N2O2/c20-14-10-19(16(12-6-7-12)13-8-9-13)17(21)15(18-14)11-4-2-1-3-5-11/h1-5,12-13,15-16H,6-10H2,(H,18,20). The molecule has 2 amide bonds. The topological polar surface area (TPSA) is 49.4 Å². The monoisotopic (exact) mass is 284 g/mol. The molecule has 4 rings (SSSR count). The van der Waals surface area contributed by atoms with Crippen LogP contribution in [0.4, 0.5) is 0 Å². The number of nitrogens with one attached hydrogen (secondary N) is 1. The van der Waals surface area contributed by atoms with Crippen molar-refractivity contribution in [2.75, 3.05) is 6.54 Å². The molecule has 110 valence electrons. The van der Waals surface area contributed by atoms with Crippen LogP contribution < -0.4 is 5.32 Å². The van der Waals surface area contributed by atoms with E-state index < -0.39 is 6.04 Å². The molecule has 3 fully saturated rings. The molecule has 3 aliphatic rings. The van der Waals surface area contributed by atoms with Gasteiger partial charge in [0, 0.05) is 6.04 Å². The summed E-state index contributed by atoms with van der Waals surface area (Å²) in [5.74, 6) is 1.30. The van der Waals surface area contributed by atoms with Gasteiger partial charge in [0.1, 0.15) is 6.04 Å². The maximum Gasteiger partial charge on any atom is 0.250 e. The molecule has 4 heteroatoms. The number of benzene rings is 1. The zero-order valence-electron chi connectivity index (χ0n) is 12.0. The molecule has 1 atom stereocenters. The molecule has 4 nitrogen and oxygen atoms in total. The maximum atomic E-state index is 12.9. The van der Waals surface area contributed by atoms with Gasteiger partial charge in [0.15, 0.2) is 0 Å². The van der Waals surface area contributed by atoms with E-state index in [-0.39, 0.29) is 18.4 Å². The second kappa shape index (κ2) is 4.86. The fraction of sp³-hybridized carbons (Fsp3) is 0.529. The van der Waals surface area contributed by atoms with Crippen molar-refractivity contribution in [1.29, 1.82) is 0 Å². The predicted molar refractivity (Wildman–Crippen MR) is 78.3 cm³/mol. The first-order valence-corrected chi connectivity index (χ1v) is 7.89. The molecule has 0 aromatic heterocycles. The second-order valence-electron chi connectivity index (χ2n) is 6.54. The number of amides is 2. The van der Waals surface area contributed by atoms with Crippen molar-refractivity contribution >= 4 is 11.8 Å². The van der Waals surface area contributed by atoms with Crippen molar-refractivity contribution in [2.45, 2.75) is 37.8 Å². The van der Waals surface area contributed by atoms with E-state index in [0.717, 1.165) is 5.56 Å². The Hall–Kier alpha value is -1.84. The van der Waals surface area contributed by atoms with E-state index in [0.29, 0.717) is 17.9 Å². The largest absolute Gasteiger partial charge is 0.339 e. The van der Waals surface area contributed by atoms with Gasteiger partial charge in [-0.3, -0.25) is 9.59 Å². The van der Waals surface area contributed by atoms with Crippen molar-refractivity contribution in [1.82, 2.24) is 10.2 Å². The SMILES string of the molecule is O=C1CN(C(C2CC2)C2CC2)C(=O)C(c2ccccc2)N1. The third-order valence-corrected chi connectivity index (χ3v) is 4.85. The summed E-state index contributed by atoms with van der Waals surface area (Å²) >= 11 is 0. The van der Waals surface area contributed by atoms with Crippen LogP contribution in [0, 0.1) is 11.8 Å². The first-order valence-electron chi connectivity index (χ1n) is 7.89. The van der Waals surface area contributed by atoms with Gasteiger partial charge in [-0.05, 0) is 43.1 Å². The quantitative estimate of drug-likeness (QED) is 0.917. The lowest BCUT2D eigenvalue weighted by Crippen LogP contribution is -2.57. The molecule has 2 aliphatic carbocycles. The van der Waals surface area contributed by atoms with Crippen molar-refractivity contribution in [3.8, 4) is 0 Å². The molecule has 0 bridgehead atoms. The lowest BCUT2D eigenvalue weighted by molar-refractivity contribution is -0.147. The highest BCUT2D eigenvalue weighted by atomic mass is 16.2. The minimum absolute atomic E-state index is 0.0326. The van der Waals surface area contributed by atoms with Crippen molar-refractivity contribution in [3.05, 3.63) is 35.9 Å². The molecule has 1 aliphatic heterocycles. The molecule has 1 saturated heterocycles. The average Bonchev–Trinajstić information content (AvgIpc) is 3.37. The smallest absolute Gasteiger partial charge is 0.250 e. The summed E-state index contributed by atoms with van der Waals surface area (Å²) in [6, 6.07) is 9.36. The van der Waals surface area contributed by atoms with Gasteiger partial charge in [-0.25, -0.2) is 0 Å². The highest BCUT2D eigenvalue weighted by molar-refractivity contribution is 5.95. The molecule has 1 unspecified atom stereocenters.